The summed E-state index contributed by atoms with van der Waals surface area (Å²) >= 11 is 6.05. The van der Waals surface area contributed by atoms with Crippen LogP contribution in [-0.2, 0) is 11.2 Å². The minimum absolute atomic E-state index is 0.391. The van der Waals surface area contributed by atoms with Gasteiger partial charge in [-0.15, -0.1) is 0 Å². The Morgan fingerprint density at radius 1 is 1.33 bits per heavy atom. The zero-order valence-corrected chi connectivity index (χ0v) is 11.5. The van der Waals surface area contributed by atoms with E-state index in [1.807, 2.05) is 6.07 Å². The van der Waals surface area contributed by atoms with E-state index in [1.54, 1.807) is 0 Å². The number of hydrogen-bond acceptors (Lipinski definition) is 2. The second-order valence-electron chi connectivity index (χ2n) is 5.50. The van der Waals surface area contributed by atoms with Gasteiger partial charge < -0.3 is 10.1 Å². The Balaban J connectivity index is 1.69. The molecule has 1 aliphatic carbocycles. The van der Waals surface area contributed by atoms with Crippen molar-refractivity contribution in [1.29, 1.82) is 0 Å². The van der Waals surface area contributed by atoms with Gasteiger partial charge in [0.1, 0.15) is 0 Å². The number of ether oxygens (including phenoxy) is 1. The highest BCUT2D eigenvalue weighted by Crippen LogP contribution is 2.34. The molecule has 3 heteroatoms. The van der Waals surface area contributed by atoms with Crippen molar-refractivity contribution in [2.24, 2.45) is 0 Å². The van der Waals surface area contributed by atoms with Gasteiger partial charge in [-0.3, -0.25) is 0 Å². The maximum Gasteiger partial charge on any atom is 0.0561 e. The summed E-state index contributed by atoms with van der Waals surface area (Å²) in [6.07, 6.45) is 4.99. The van der Waals surface area contributed by atoms with E-state index >= 15 is 0 Å². The quantitative estimate of drug-likeness (QED) is 0.884. The lowest BCUT2D eigenvalue weighted by atomic mass is 10.0. The average Bonchev–Trinajstić information content (AvgIpc) is 2.72. The molecule has 2 nitrogen and oxygen atoms in total. The Bertz CT molecular complexity index is 435. The van der Waals surface area contributed by atoms with Crippen molar-refractivity contribution >= 4 is 11.6 Å². The molecule has 1 fully saturated rings. The summed E-state index contributed by atoms with van der Waals surface area (Å²) in [5, 5.41) is 4.66. The molecule has 1 aromatic carbocycles. The lowest BCUT2D eigenvalue weighted by Crippen LogP contribution is -2.39. The number of hydrogen-bond donors (Lipinski definition) is 1. The highest BCUT2D eigenvalue weighted by Gasteiger charge is 2.27. The van der Waals surface area contributed by atoms with E-state index in [0.717, 1.165) is 30.9 Å². The van der Waals surface area contributed by atoms with Crippen molar-refractivity contribution < 1.29 is 4.74 Å². The first-order valence-corrected chi connectivity index (χ1v) is 7.26. The Labute approximate surface area is 114 Å². The van der Waals surface area contributed by atoms with Crippen LogP contribution in [-0.4, -0.2) is 18.8 Å². The summed E-state index contributed by atoms with van der Waals surface area (Å²) in [5.74, 6) is 0. The Morgan fingerprint density at radius 3 is 3.06 bits per heavy atom. The standard InChI is InChI=1S/C15H20ClNO/c1-10-8-13(6-7-18-10)17-15-5-2-11-9-12(16)3-4-14(11)15/h3-4,9-10,13,15,17H,2,5-8H2,1H3. The van der Waals surface area contributed by atoms with E-state index in [0.29, 0.717) is 18.2 Å². The summed E-state index contributed by atoms with van der Waals surface area (Å²) in [6.45, 7) is 3.05. The minimum Gasteiger partial charge on any atom is -0.378 e. The minimum atomic E-state index is 0.391. The summed E-state index contributed by atoms with van der Waals surface area (Å²) in [5.41, 5.74) is 2.86. The van der Waals surface area contributed by atoms with Crippen LogP contribution in [0.3, 0.4) is 0 Å². The van der Waals surface area contributed by atoms with Gasteiger partial charge in [0.2, 0.25) is 0 Å². The van der Waals surface area contributed by atoms with Gasteiger partial charge in [-0.2, -0.15) is 0 Å². The number of rotatable bonds is 2. The van der Waals surface area contributed by atoms with Gasteiger partial charge in [0.15, 0.2) is 0 Å². The van der Waals surface area contributed by atoms with Gasteiger partial charge in [0.25, 0.3) is 0 Å². The fraction of sp³-hybridized carbons (Fsp3) is 0.600. The molecule has 0 amide bonds. The summed E-state index contributed by atoms with van der Waals surface area (Å²) < 4.78 is 5.60. The van der Waals surface area contributed by atoms with Crippen molar-refractivity contribution in [2.75, 3.05) is 6.61 Å². The second kappa shape index (κ2) is 5.20. The predicted molar refractivity (Wildman–Crippen MR) is 74.1 cm³/mol. The van der Waals surface area contributed by atoms with Crippen LogP contribution in [0.4, 0.5) is 0 Å². The molecule has 3 rings (SSSR count). The molecule has 0 spiro atoms. The van der Waals surface area contributed by atoms with Crippen molar-refractivity contribution in [3.05, 3.63) is 34.3 Å². The van der Waals surface area contributed by atoms with E-state index in [9.17, 15) is 0 Å². The number of halogens is 1. The Morgan fingerprint density at radius 2 is 2.22 bits per heavy atom. The lowest BCUT2D eigenvalue weighted by Gasteiger charge is -2.30. The molecule has 1 N–H and O–H groups in total. The van der Waals surface area contributed by atoms with E-state index in [1.165, 1.54) is 17.5 Å². The zero-order chi connectivity index (χ0) is 12.5. The summed E-state index contributed by atoms with van der Waals surface area (Å²) in [7, 11) is 0. The highest BCUT2D eigenvalue weighted by atomic mass is 35.5. The SMILES string of the molecule is CC1CC(NC2CCc3cc(Cl)ccc32)CCO1. The Kier molecular flexibility index (Phi) is 3.60. The first-order valence-electron chi connectivity index (χ1n) is 6.88. The normalized spacial score (nSPS) is 31.3. The first kappa shape index (κ1) is 12.5. The average molecular weight is 266 g/mol. The molecule has 0 radical (unpaired) electrons. The van der Waals surface area contributed by atoms with Gasteiger partial charge in [0, 0.05) is 23.7 Å². The van der Waals surface area contributed by atoms with Crippen LogP contribution >= 0.6 is 11.6 Å². The lowest BCUT2D eigenvalue weighted by molar-refractivity contribution is 0.0112. The first-order chi connectivity index (χ1) is 8.72. The fourth-order valence-electron chi connectivity index (χ4n) is 3.19. The van der Waals surface area contributed by atoms with Crippen LogP contribution < -0.4 is 5.32 Å². The third-order valence-electron chi connectivity index (χ3n) is 4.10. The molecule has 1 saturated heterocycles. The van der Waals surface area contributed by atoms with Crippen molar-refractivity contribution in [1.82, 2.24) is 5.32 Å². The zero-order valence-electron chi connectivity index (χ0n) is 10.8. The van der Waals surface area contributed by atoms with Crippen LogP contribution in [0.2, 0.25) is 5.02 Å². The van der Waals surface area contributed by atoms with E-state index in [-0.39, 0.29) is 0 Å². The van der Waals surface area contributed by atoms with E-state index in [2.05, 4.69) is 24.4 Å². The molecule has 0 aromatic heterocycles. The summed E-state index contributed by atoms with van der Waals surface area (Å²) in [4.78, 5) is 0. The molecule has 3 atom stereocenters. The molecule has 1 aliphatic heterocycles. The molecular weight excluding hydrogens is 246 g/mol. The molecular formula is C15H20ClNO. The van der Waals surface area contributed by atoms with Crippen LogP contribution in [0.5, 0.6) is 0 Å². The number of nitrogens with one attached hydrogen (secondary N) is 1. The molecule has 2 aliphatic rings. The van der Waals surface area contributed by atoms with E-state index < -0.39 is 0 Å². The van der Waals surface area contributed by atoms with Crippen LogP contribution in [0, 0.1) is 0 Å². The largest absolute Gasteiger partial charge is 0.378 e. The molecule has 0 saturated carbocycles. The van der Waals surface area contributed by atoms with Gasteiger partial charge in [0.05, 0.1) is 6.10 Å². The van der Waals surface area contributed by atoms with Gasteiger partial charge >= 0.3 is 0 Å². The molecule has 3 unspecified atom stereocenters. The van der Waals surface area contributed by atoms with Gasteiger partial charge in [-0.1, -0.05) is 17.7 Å². The number of benzene rings is 1. The maximum absolute atomic E-state index is 6.05. The monoisotopic (exact) mass is 265 g/mol. The topological polar surface area (TPSA) is 21.3 Å². The summed E-state index contributed by atoms with van der Waals surface area (Å²) in [6, 6.07) is 7.41. The third-order valence-corrected chi connectivity index (χ3v) is 4.34. The smallest absolute Gasteiger partial charge is 0.0561 e. The predicted octanol–water partition coefficient (Wildman–Crippen LogP) is 3.48. The molecule has 98 valence electrons. The van der Waals surface area contributed by atoms with Crippen LogP contribution in [0.15, 0.2) is 18.2 Å². The van der Waals surface area contributed by atoms with Crippen molar-refractivity contribution in [3.8, 4) is 0 Å². The number of aryl methyl sites for hydroxylation is 1. The second-order valence-corrected chi connectivity index (χ2v) is 5.94. The molecule has 18 heavy (non-hydrogen) atoms. The van der Waals surface area contributed by atoms with Crippen LogP contribution in [0.25, 0.3) is 0 Å². The number of fused-ring (bicyclic) bond motifs is 1. The Hall–Kier alpha value is -0.570. The van der Waals surface area contributed by atoms with Gasteiger partial charge in [-0.25, -0.2) is 0 Å². The molecule has 1 heterocycles. The van der Waals surface area contributed by atoms with Crippen molar-refractivity contribution in [2.45, 2.75) is 50.8 Å². The van der Waals surface area contributed by atoms with Crippen molar-refractivity contribution in [3.63, 3.8) is 0 Å². The van der Waals surface area contributed by atoms with E-state index in [4.69, 9.17) is 16.3 Å². The van der Waals surface area contributed by atoms with Crippen LogP contribution in [0.1, 0.15) is 43.4 Å². The fourth-order valence-corrected chi connectivity index (χ4v) is 3.39. The molecule has 1 aromatic rings. The van der Waals surface area contributed by atoms with Gasteiger partial charge in [-0.05, 0) is 55.9 Å². The molecule has 0 bridgehead atoms. The highest BCUT2D eigenvalue weighted by molar-refractivity contribution is 6.30. The third kappa shape index (κ3) is 2.56. The maximum atomic E-state index is 6.05.